The third-order valence-electron chi connectivity index (χ3n) is 5.55. The maximum atomic E-state index is 12.4. The van der Waals surface area contributed by atoms with Gasteiger partial charge in [0.2, 0.25) is 0 Å². The fourth-order valence-corrected chi connectivity index (χ4v) is 3.86. The highest BCUT2D eigenvalue weighted by Crippen LogP contribution is 2.39. The molecule has 0 atom stereocenters. The molecule has 0 unspecified atom stereocenters. The van der Waals surface area contributed by atoms with Crippen molar-refractivity contribution in [1.82, 2.24) is 20.4 Å². The molecule has 0 aliphatic heterocycles. The molecule has 0 saturated carbocycles. The molecule has 0 bridgehead atoms. The topological polar surface area (TPSA) is 61.0 Å². The highest BCUT2D eigenvalue weighted by atomic mass is 35.5. The van der Waals surface area contributed by atoms with Crippen molar-refractivity contribution in [1.29, 1.82) is 0 Å². The van der Waals surface area contributed by atoms with Crippen LogP contribution in [-0.4, -0.2) is 47.2 Å². The number of benzene rings is 2. The van der Waals surface area contributed by atoms with Gasteiger partial charge in [-0.1, -0.05) is 50.2 Å². The van der Waals surface area contributed by atoms with Gasteiger partial charge in [-0.25, -0.2) is 0 Å². The van der Waals surface area contributed by atoms with Gasteiger partial charge >= 0.3 is 0 Å². The first-order valence-electron chi connectivity index (χ1n) is 9.97. The summed E-state index contributed by atoms with van der Waals surface area (Å²) in [6.07, 6.45) is 0.894. The minimum absolute atomic E-state index is 0. The largest absolute Gasteiger partial charge is 0.351 e. The molecular weight excluding hydrogens is 419 g/mol. The van der Waals surface area contributed by atoms with Crippen molar-refractivity contribution in [3.05, 3.63) is 65.2 Å². The molecule has 30 heavy (non-hydrogen) atoms. The maximum absolute atomic E-state index is 12.4. The fraction of sp³-hybridized carbons (Fsp3) is 0.304. The number of carbonyl (C=O) groups excluding carboxylic acids is 1. The van der Waals surface area contributed by atoms with Gasteiger partial charge in [-0.15, -0.1) is 24.8 Å². The van der Waals surface area contributed by atoms with E-state index >= 15 is 0 Å². The molecule has 4 rings (SSSR count). The average molecular weight is 447 g/mol. The summed E-state index contributed by atoms with van der Waals surface area (Å²) in [5.41, 5.74) is 7.60. The molecule has 2 aromatic carbocycles. The molecule has 0 saturated heterocycles. The molecule has 0 radical (unpaired) electrons. The number of amides is 1. The van der Waals surface area contributed by atoms with Crippen molar-refractivity contribution in [2.75, 3.05) is 26.2 Å². The molecule has 5 nitrogen and oxygen atoms in total. The van der Waals surface area contributed by atoms with E-state index < -0.39 is 0 Å². The highest BCUT2D eigenvalue weighted by molar-refractivity contribution is 5.94. The van der Waals surface area contributed by atoms with E-state index in [0.717, 1.165) is 43.0 Å². The molecule has 1 aliphatic carbocycles. The van der Waals surface area contributed by atoms with Crippen molar-refractivity contribution in [2.24, 2.45) is 0 Å². The lowest BCUT2D eigenvalue weighted by atomic mass is 10.0. The van der Waals surface area contributed by atoms with E-state index in [-0.39, 0.29) is 30.7 Å². The zero-order valence-corrected chi connectivity index (χ0v) is 18.9. The Bertz CT molecular complexity index is 981. The van der Waals surface area contributed by atoms with Crippen molar-refractivity contribution in [2.45, 2.75) is 20.3 Å². The Morgan fingerprint density at radius 3 is 2.47 bits per heavy atom. The van der Waals surface area contributed by atoms with Crippen molar-refractivity contribution >= 4 is 30.7 Å². The Kier molecular flexibility index (Phi) is 8.47. The van der Waals surface area contributed by atoms with Crippen LogP contribution in [-0.2, 0) is 6.42 Å². The van der Waals surface area contributed by atoms with Gasteiger partial charge in [-0.3, -0.25) is 9.89 Å². The van der Waals surface area contributed by atoms with Crippen LogP contribution in [0, 0.1) is 0 Å². The summed E-state index contributed by atoms with van der Waals surface area (Å²) in [7, 11) is 0. The Labute approximate surface area is 190 Å². The third-order valence-corrected chi connectivity index (χ3v) is 5.55. The zero-order valence-electron chi connectivity index (χ0n) is 17.3. The second-order valence-electron chi connectivity index (χ2n) is 7.12. The second kappa shape index (κ2) is 10.6. The molecule has 1 aliphatic rings. The van der Waals surface area contributed by atoms with E-state index in [4.69, 9.17) is 0 Å². The van der Waals surface area contributed by atoms with Crippen molar-refractivity contribution in [3.8, 4) is 22.5 Å². The number of halogens is 2. The fourth-order valence-electron chi connectivity index (χ4n) is 3.86. The Balaban J connectivity index is 0.00000160. The van der Waals surface area contributed by atoms with E-state index in [2.05, 4.69) is 58.5 Å². The minimum Gasteiger partial charge on any atom is -0.351 e. The summed E-state index contributed by atoms with van der Waals surface area (Å²) in [6, 6.07) is 16.2. The first-order chi connectivity index (χ1) is 13.7. The summed E-state index contributed by atoms with van der Waals surface area (Å²) >= 11 is 0. The Hall–Kier alpha value is -2.34. The average Bonchev–Trinajstić information content (AvgIpc) is 3.30. The zero-order chi connectivity index (χ0) is 19.5. The molecule has 160 valence electrons. The molecule has 2 N–H and O–H groups in total. The number of fused-ring (bicyclic) bond motifs is 3. The summed E-state index contributed by atoms with van der Waals surface area (Å²) in [5, 5.41) is 10.7. The van der Waals surface area contributed by atoms with Gasteiger partial charge in [-0.2, -0.15) is 5.10 Å². The van der Waals surface area contributed by atoms with E-state index in [1.54, 1.807) is 0 Å². The highest BCUT2D eigenvalue weighted by Gasteiger charge is 2.24. The van der Waals surface area contributed by atoms with Gasteiger partial charge in [0.25, 0.3) is 5.91 Å². The number of aromatic amines is 1. The third kappa shape index (κ3) is 4.69. The monoisotopic (exact) mass is 446 g/mol. The van der Waals surface area contributed by atoms with Crippen LogP contribution in [0.25, 0.3) is 22.5 Å². The standard InChI is InChI=1S/C23H26N4O.2ClH/c1-3-27(4-2)14-13-24-23(28)17-11-9-16(10-12-17)21-20-15-18-7-5-6-8-19(18)22(20)26-25-21;;/h5-12H,3-4,13-15H2,1-2H3,(H,24,28)(H,25,26);2*1H. The quantitative estimate of drug-likeness (QED) is 0.437. The number of H-pyrrole nitrogens is 1. The molecule has 1 aromatic heterocycles. The number of nitrogens with zero attached hydrogens (tertiary/aromatic N) is 2. The lowest BCUT2D eigenvalue weighted by Crippen LogP contribution is -2.34. The second-order valence-corrected chi connectivity index (χ2v) is 7.12. The first-order valence-corrected chi connectivity index (χ1v) is 9.97. The molecule has 0 spiro atoms. The summed E-state index contributed by atoms with van der Waals surface area (Å²) < 4.78 is 0. The maximum Gasteiger partial charge on any atom is 0.251 e. The smallest absolute Gasteiger partial charge is 0.251 e. The summed E-state index contributed by atoms with van der Waals surface area (Å²) in [4.78, 5) is 14.7. The lowest BCUT2D eigenvalue weighted by Gasteiger charge is -2.17. The van der Waals surface area contributed by atoms with Crippen LogP contribution in [0.2, 0.25) is 0 Å². The number of likely N-dealkylation sites (N-methyl/N-ethyl adjacent to an activating group) is 1. The number of nitrogens with one attached hydrogen (secondary N) is 2. The van der Waals surface area contributed by atoms with E-state index in [1.165, 1.54) is 16.7 Å². The molecular formula is C23H28Cl2N4O. The Morgan fingerprint density at radius 2 is 1.77 bits per heavy atom. The van der Waals surface area contributed by atoms with Gasteiger partial charge in [-0.05, 0) is 30.8 Å². The SMILES string of the molecule is CCN(CC)CCNC(=O)c1ccc(-c2n[nH]c3c2Cc2ccccc2-3)cc1.Cl.Cl. The van der Waals surface area contributed by atoms with Crippen LogP contribution < -0.4 is 5.32 Å². The van der Waals surface area contributed by atoms with Crippen LogP contribution in [0.3, 0.4) is 0 Å². The van der Waals surface area contributed by atoms with E-state index in [9.17, 15) is 4.79 Å². The number of hydrogen-bond donors (Lipinski definition) is 2. The van der Waals surface area contributed by atoms with Gasteiger partial charge in [0.05, 0.1) is 11.4 Å². The van der Waals surface area contributed by atoms with Crippen LogP contribution >= 0.6 is 24.8 Å². The number of rotatable bonds is 7. The molecule has 7 heteroatoms. The molecule has 0 fully saturated rings. The van der Waals surface area contributed by atoms with Gasteiger partial charge in [0.15, 0.2) is 0 Å². The van der Waals surface area contributed by atoms with Crippen LogP contribution in [0.4, 0.5) is 0 Å². The number of hydrogen-bond acceptors (Lipinski definition) is 3. The first kappa shape index (κ1) is 23.9. The van der Waals surface area contributed by atoms with Gasteiger partial charge in [0, 0.05) is 41.8 Å². The number of carbonyl (C=O) groups is 1. The Morgan fingerprint density at radius 1 is 1.07 bits per heavy atom. The minimum atomic E-state index is -0.0293. The van der Waals surface area contributed by atoms with Crippen LogP contribution in [0.15, 0.2) is 48.5 Å². The predicted molar refractivity (Wildman–Crippen MR) is 127 cm³/mol. The molecule has 1 amide bonds. The predicted octanol–water partition coefficient (Wildman–Crippen LogP) is 4.56. The van der Waals surface area contributed by atoms with Crippen molar-refractivity contribution < 1.29 is 4.79 Å². The van der Waals surface area contributed by atoms with Crippen LogP contribution in [0.5, 0.6) is 0 Å². The summed E-state index contributed by atoms with van der Waals surface area (Å²) in [6.45, 7) is 7.80. The van der Waals surface area contributed by atoms with E-state index in [0.29, 0.717) is 12.1 Å². The van der Waals surface area contributed by atoms with Crippen LogP contribution in [0.1, 0.15) is 35.3 Å². The van der Waals surface area contributed by atoms with E-state index in [1.807, 2.05) is 24.3 Å². The lowest BCUT2D eigenvalue weighted by molar-refractivity contribution is 0.0949. The number of aromatic nitrogens is 2. The molecule has 3 aromatic rings. The van der Waals surface area contributed by atoms with Gasteiger partial charge in [0.1, 0.15) is 0 Å². The van der Waals surface area contributed by atoms with Crippen molar-refractivity contribution in [3.63, 3.8) is 0 Å². The summed E-state index contributed by atoms with van der Waals surface area (Å²) in [5.74, 6) is -0.0293. The van der Waals surface area contributed by atoms with Gasteiger partial charge < -0.3 is 10.2 Å². The molecule has 1 heterocycles. The normalized spacial score (nSPS) is 11.3.